The predicted octanol–water partition coefficient (Wildman–Crippen LogP) is 1.65. The molecule has 0 aliphatic carbocycles. The fourth-order valence-electron chi connectivity index (χ4n) is 1.94. The van der Waals surface area contributed by atoms with Crippen LogP contribution in [0.5, 0.6) is 0 Å². The Labute approximate surface area is 113 Å². The summed E-state index contributed by atoms with van der Waals surface area (Å²) < 4.78 is 26.9. The summed E-state index contributed by atoms with van der Waals surface area (Å²) in [5, 5.41) is 2.74. The second kappa shape index (κ2) is 5.30. The van der Waals surface area contributed by atoms with E-state index >= 15 is 0 Å². The number of fused-ring (bicyclic) bond motifs is 1. The topological polar surface area (TPSA) is 75.3 Å². The summed E-state index contributed by atoms with van der Waals surface area (Å²) in [7, 11) is -3.48. The van der Waals surface area contributed by atoms with Crippen molar-refractivity contribution in [3.8, 4) is 0 Å². The van der Waals surface area contributed by atoms with E-state index in [-0.39, 0.29) is 16.8 Å². The molecule has 1 aliphatic heterocycles. The molecule has 0 bridgehead atoms. The lowest BCUT2D eigenvalue weighted by atomic mass is 10.0. The first-order valence-electron chi connectivity index (χ1n) is 6.37. The van der Waals surface area contributed by atoms with E-state index in [9.17, 15) is 13.2 Å². The minimum absolute atomic E-state index is 0.0270. The highest BCUT2D eigenvalue weighted by Crippen LogP contribution is 2.25. The van der Waals surface area contributed by atoms with Gasteiger partial charge in [-0.1, -0.05) is 6.92 Å². The van der Waals surface area contributed by atoms with Crippen molar-refractivity contribution in [3.63, 3.8) is 0 Å². The van der Waals surface area contributed by atoms with Crippen molar-refractivity contribution in [2.24, 2.45) is 0 Å². The standard InChI is InChI=1S/C13H18N2O3S/c1-3-9(2)15-19(17,18)11-5-6-12-10(8-11)4-7-13(16)14-12/h5-6,8-9,15H,3-4,7H2,1-2H3,(H,14,16). The summed E-state index contributed by atoms with van der Waals surface area (Å²) in [6.45, 7) is 3.76. The highest BCUT2D eigenvalue weighted by Gasteiger charge is 2.20. The smallest absolute Gasteiger partial charge is 0.240 e. The molecule has 0 saturated heterocycles. The first kappa shape index (κ1) is 14.0. The van der Waals surface area contributed by atoms with Gasteiger partial charge in [0.05, 0.1) is 4.90 Å². The van der Waals surface area contributed by atoms with Crippen molar-refractivity contribution in [2.45, 2.75) is 44.0 Å². The van der Waals surface area contributed by atoms with Gasteiger partial charge in [-0.25, -0.2) is 13.1 Å². The van der Waals surface area contributed by atoms with Gasteiger partial charge in [-0.15, -0.1) is 0 Å². The second-order valence-electron chi connectivity index (χ2n) is 4.80. The molecular formula is C13H18N2O3S. The Balaban J connectivity index is 2.29. The Bertz CT molecular complexity index is 596. The van der Waals surface area contributed by atoms with Gasteiger partial charge in [0.25, 0.3) is 0 Å². The molecule has 1 atom stereocenters. The first-order chi connectivity index (χ1) is 8.92. The fourth-order valence-corrected chi connectivity index (χ4v) is 3.32. The number of nitrogens with one attached hydrogen (secondary N) is 2. The Morgan fingerprint density at radius 1 is 1.37 bits per heavy atom. The number of hydrogen-bond donors (Lipinski definition) is 2. The molecule has 0 radical (unpaired) electrons. The molecule has 104 valence electrons. The molecule has 1 heterocycles. The quantitative estimate of drug-likeness (QED) is 0.881. The van der Waals surface area contributed by atoms with Crippen LogP contribution in [0.1, 0.15) is 32.3 Å². The molecule has 1 aromatic carbocycles. The van der Waals surface area contributed by atoms with Crippen molar-refractivity contribution in [1.29, 1.82) is 0 Å². The molecule has 19 heavy (non-hydrogen) atoms. The molecule has 1 aromatic rings. The number of sulfonamides is 1. The molecule has 0 spiro atoms. The number of carbonyl (C=O) groups excluding carboxylic acids is 1. The second-order valence-corrected chi connectivity index (χ2v) is 6.51. The molecule has 2 rings (SSSR count). The zero-order chi connectivity index (χ0) is 14.0. The fraction of sp³-hybridized carbons (Fsp3) is 0.462. The van der Waals surface area contributed by atoms with E-state index in [1.807, 2.05) is 13.8 Å². The van der Waals surface area contributed by atoms with Gasteiger partial charge in [0.2, 0.25) is 15.9 Å². The lowest BCUT2D eigenvalue weighted by Gasteiger charge is -2.18. The molecule has 1 aliphatic rings. The maximum Gasteiger partial charge on any atom is 0.240 e. The summed E-state index contributed by atoms with van der Waals surface area (Å²) in [5.41, 5.74) is 1.57. The van der Waals surface area contributed by atoms with E-state index < -0.39 is 10.0 Å². The van der Waals surface area contributed by atoms with Crippen molar-refractivity contribution < 1.29 is 13.2 Å². The van der Waals surface area contributed by atoms with Crippen molar-refractivity contribution in [1.82, 2.24) is 4.72 Å². The number of aryl methyl sites for hydroxylation is 1. The Kier molecular flexibility index (Phi) is 3.91. The van der Waals surface area contributed by atoms with E-state index in [0.717, 1.165) is 12.0 Å². The lowest BCUT2D eigenvalue weighted by Crippen LogP contribution is -2.32. The lowest BCUT2D eigenvalue weighted by molar-refractivity contribution is -0.116. The van der Waals surface area contributed by atoms with Crippen molar-refractivity contribution in [3.05, 3.63) is 23.8 Å². The van der Waals surface area contributed by atoms with Crippen LogP contribution in [-0.4, -0.2) is 20.4 Å². The average molecular weight is 282 g/mol. The summed E-state index contributed by atoms with van der Waals surface area (Å²) in [6, 6.07) is 4.72. The van der Waals surface area contributed by atoms with Gasteiger partial charge in [-0.3, -0.25) is 4.79 Å². The van der Waals surface area contributed by atoms with Crippen LogP contribution in [0.4, 0.5) is 5.69 Å². The van der Waals surface area contributed by atoms with Crippen molar-refractivity contribution in [2.75, 3.05) is 5.32 Å². The maximum absolute atomic E-state index is 12.2. The molecule has 0 saturated carbocycles. The van der Waals surface area contributed by atoms with Crippen LogP contribution in [-0.2, 0) is 21.2 Å². The highest BCUT2D eigenvalue weighted by atomic mass is 32.2. The third-order valence-corrected chi connectivity index (χ3v) is 4.84. The van der Waals surface area contributed by atoms with Crippen LogP contribution in [0, 0.1) is 0 Å². The molecule has 0 fully saturated rings. The number of hydrogen-bond acceptors (Lipinski definition) is 3. The summed E-state index contributed by atoms with van der Waals surface area (Å²) >= 11 is 0. The third kappa shape index (κ3) is 3.13. The van der Waals surface area contributed by atoms with Crippen LogP contribution in [0.25, 0.3) is 0 Å². The largest absolute Gasteiger partial charge is 0.326 e. The van der Waals surface area contributed by atoms with E-state index in [2.05, 4.69) is 10.0 Å². The van der Waals surface area contributed by atoms with Crippen LogP contribution >= 0.6 is 0 Å². The van der Waals surface area contributed by atoms with Crippen LogP contribution in [0.3, 0.4) is 0 Å². The number of rotatable bonds is 4. The molecular weight excluding hydrogens is 264 g/mol. The van der Waals surface area contributed by atoms with Gasteiger partial charge in [-0.05, 0) is 43.5 Å². The van der Waals surface area contributed by atoms with Gasteiger partial charge in [0.1, 0.15) is 0 Å². The Hall–Kier alpha value is -1.40. The molecule has 0 aromatic heterocycles. The average Bonchev–Trinajstić information content (AvgIpc) is 2.37. The van der Waals surface area contributed by atoms with Crippen LogP contribution < -0.4 is 10.0 Å². The SMILES string of the molecule is CCC(C)NS(=O)(=O)c1ccc2c(c1)CCC(=O)N2. The zero-order valence-electron chi connectivity index (χ0n) is 11.1. The molecule has 6 heteroatoms. The molecule has 1 amide bonds. The minimum atomic E-state index is -3.48. The molecule has 1 unspecified atom stereocenters. The van der Waals surface area contributed by atoms with E-state index in [1.165, 1.54) is 6.07 Å². The Morgan fingerprint density at radius 2 is 2.11 bits per heavy atom. The predicted molar refractivity (Wildman–Crippen MR) is 73.5 cm³/mol. The first-order valence-corrected chi connectivity index (χ1v) is 7.86. The third-order valence-electron chi connectivity index (χ3n) is 3.25. The maximum atomic E-state index is 12.2. The zero-order valence-corrected chi connectivity index (χ0v) is 11.9. The van der Waals surface area contributed by atoms with E-state index in [4.69, 9.17) is 0 Å². The number of anilines is 1. The van der Waals surface area contributed by atoms with Gasteiger partial charge < -0.3 is 5.32 Å². The van der Waals surface area contributed by atoms with Gasteiger partial charge in [-0.2, -0.15) is 0 Å². The highest BCUT2D eigenvalue weighted by molar-refractivity contribution is 7.89. The minimum Gasteiger partial charge on any atom is -0.326 e. The summed E-state index contributed by atoms with van der Waals surface area (Å²) in [5.74, 6) is -0.0270. The summed E-state index contributed by atoms with van der Waals surface area (Å²) in [4.78, 5) is 11.5. The molecule has 5 nitrogen and oxygen atoms in total. The monoisotopic (exact) mass is 282 g/mol. The normalized spacial score (nSPS) is 16.6. The van der Waals surface area contributed by atoms with Gasteiger partial charge in [0.15, 0.2) is 0 Å². The van der Waals surface area contributed by atoms with Crippen molar-refractivity contribution >= 4 is 21.6 Å². The number of carbonyl (C=O) groups is 1. The van der Waals surface area contributed by atoms with Crippen LogP contribution in [0.2, 0.25) is 0 Å². The van der Waals surface area contributed by atoms with Gasteiger partial charge >= 0.3 is 0 Å². The molecule has 2 N–H and O–H groups in total. The van der Waals surface area contributed by atoms with E-state index in [0.29, 0.717) is 18.5 Å². The van der Waals surface area contributed by atoms with E-state index in [1.54, 1.807) is 12.1 Å². The Morgan fingerprint density at radius 3 is 2.79 bits per heavy atom. The summed E-state index contributed by atoms with van der Waals surface area (Å²) in [6.07, 6.45) is 1.71. The van der Waals surface area contributed by atoms with Gasteiger partial charge in [0, 0.05) is 18.2 Å². The van der Waals surface area contributed by atoms with Crippen LogP contribution in [0.15, 0.2) is 23.1 Å². The number of amides is 1. The number of benzene rings is 1.